The number of rotatable bonds is 9. The topological polar surface area (TPSA) is 61.4 Å². The normalized spacial score (nSPS) is 12.0. The molecule has 12 aromatic carbocycles. The molecular weight excluding hydrogens is 1160 g/mol. The molecule has 430 valence electrons. The maximum atomic E-state index is 5.39. The van der Waals surface area contributed by atoms with Crippen molar-refractivity contribution < 1.29 is 0 Å². The lowest BCUT2D eigenvalue weighted by Gasteiger charge is -2.15. The van der Waals surface area contributed by atoms with Gasteiger partial charge in [-0.3, -0.25) is 0 Å². The van der Waals surface area contributed by atoms with Crippen LogP contribution in [-0.4, -0.2) is 29.1 Å². The van der Waals surface area contributed by atoms with E-state index in [4.69, 9.17) is 19.9 Å². The molecule has 0 saturated carbocycles. The molecule has 0 aliphatic carbocycles. The van der Waals surface area contributed by atoms with Crippen molar-refractivity contribution in [2.45, 2.75) is 19.6 Å². The van der Waals surface area contributed by atoms with Gasteiger partial charge >= 0.3 is 0 Å². The molecule has 0 unspecified atom stereocenters. The minimum Gasteiger partial charge on any atom is -0.309 e. The van der Waals surface area contributed by atoms with Gasteiger partial charge in [-0.25, -0.2) is 19.9 Å². The Morgan fingerprint density at radius 3 is 1.09 bits per heavy atom. The highest BCUT2D eigenvalue weighted by Gasteiger charge is 2.31. The minimum atomic E-state index is 0.666. The lowest BCUT2D eigenvalue weighted by atomic mass is 9.94. The Labute approximate surface area is 540 Å². The smallest absolute Gasteiger partial charge is 0.160 e. The van der Waals surface area contributed by atoms with Crippen molar-refractivity contribution in [1.29, 1.82) is 0 Å². The Morgan fingerprint density at radius 1 is 0.239 bits per heavy atom. The second kappa shape index (κ2) is 22.3. The Bertz CT molecular complexity index is 5490. The molecule has 0 bridgehead atoms. The van der Waals surface area contributed by atoms with E-state index in [0.29, 0.717) is 11.6 Å². The van der Waals surface area contributed by atoms with Crippen molar-refractivity contribution in [3.05, 3.63) is 315 Å². The average molecular weight is 1210 g/mol. The maximum Gasteiger partial charge on any atom is 0.160 e. The summed E-state index contributed by atoms with van der Waals surface area (Å²) in [5.74, 6) is 1.36. The fourth-order valence-electron chi connectivity index (χ4n) is 13.5. The standard InChI is InChI=1S/C84H52N6S2/c1-4-21-54(22-5-1)69-52-72(87-83(85-69)58-25-8-3-9-26-58)57-43-47-60(48-44-57)90-74-35-16-11-28-64(74)79-68-33-20-32-62(82(68)92-77-38-19-14-31-67(77)81(79)90)53-39-41-56(42-40-53)71-51-70(55-23-6-2-7-24-55)86-84(88-71)59-45-49-61(50-46-59)89-73-34-15-10-27-63(73)78-65-29-12-17-36-75(65)91-76-37-18-13-30-66(76)80(78)89/h1-52H. The van der Waals surface area contributed by atoms with Crippen LogP contribution in [0.5, 0.6) is 0 Å². The monoisotopic (exact) mass is 1210 g/mol. The van der Waals surface area contributed by atoms with Gasteiger partial charge in [0.15, 0.2) is 11.6 Å². The zero-order valence-electron chi connectivity index (χ0n) is 49.5. The van der Waals surface area contributed by atoms with Gasteiger partial charge in [0.1, 0.15) is 0 Å². The molecule has 0 N–H and O–H groups in total. The molecule has 16 aromatic rings. The Hall–Kier alpha value is -11.4. The number of para-hydroxylation sites is 2. The van der Waals surface area contributed by atoms with Crippen molar-refractivity contribution in [3.63, 3.8) is 0 Å². The molecule has 0 spiro atoms. The second-order valence-corrected chi connectivity index (χ2v) is 25.4. The first-order valence-corrected chi connectivity index (χ1v) is 32.6. The third kappa shape index (κ3) is 9.13. The van der Waals surface area contributed by atoms with E-state index in [1.165, 1.54) is 80.7 Å². The van der Waals surface area contributed by atoms with E-state index < -0.39 is 0 Å². The van der Waals surface area contributed by atoms with Gasteiger partial charge in [0.2, 0.25) is 0 Å². The van der Waals surface area contributed by atoms with E-state index in [2.05, 4.69) is 300 Å². The molecular formula is C84H52N6S2. The van der Waals surface area contributed by atoms with Crippen LogP contribution >= 0.6 is 23.5 Å². The maximum absolute atomic E-state index is 5.39. The molecule has 2 aliphatic rings. The zero-order chi connectivity index (χ0) is 60.6. The van der Waals surface area contributed by atoms with Crippen LogP contribution in [0.15, 0.2) is 335 Å². The van der Waals surface area contributed by atoms with Crippen LogP contribution in [0.3, 0.4) is 0 Å². The molecule has 0 radical (unpaired) electrons. The van der Waals surface area contributed by atoms with Gasteiger partial charge in [0.25, 0.3) is 0 Å². The third-order valence-corrected chi connectivity index (χ3v) is 20.2. The van der Waals surface area contributed by atoms with E-state index in [9.17, 15) is 0 Å². The first-order chi connectivity index (χ1) is 45.6. The Balaban J connectivity index is 0.716. The first-order valence-electron chi connectivity index (χ1n) is 30.9. The highest BCUT2D eigenvalue weighted by Crippen LogP contribution is 2.56. The van der Waals surface area contributed by atoms with Gasteiger partial charge in [-0.1, -0.05) is 260 Å². The quantitative estimate of drug-likeness (QED) is 0.144. The van der Waals surface area contributed by atoms with Gasteiger partial charge in [0.05, 0.1) is 45.2 Å². The van der Waals surface area contributed by atoms with Crippen LogP contribution in [0.4, 0.5) is 0 Å². The van der Waals surface area contributed by atoms with Crippen molar-refractivity contribution in [3.8, 4) is 135 Å². The van der Waals surface area contributed by atoms with E-state index in [0.717, 1.165) is 84.1 Å². The summed E-state index contributed by atoms with van der Waals surface area (Å²) in [6, 6.07) is 113. The predicted octanol–water partition coefficient (Wildman–Crippen LogP) is 22.4. The summed E-state index contributed by atoms with van der Waals surface area (Å²) in [5, 5.41) is 2.42. The van der Waals surface area contributed by atoms with Gasteiger partial charge in [-0.05, 0) is 101 Å². The summed E-state index contributed by atoms with van der Waals surface area (Å²) < 4.78 is 4.90. The Morgan fingerprint density at radius 2 is 0.576 bits per heavy atom. The number of aromatic nitrogens is 6. The summed E-state index contributed by atoms with van der Waals surface area (Å²) >= 11 is 3.69. The summed E-state index contributed by atoms with van der Waals surface area (Å²) in [5.41, 5.74) is 25.9. The Kier molecular flexibility index (Phi) is 13.0. The molecule has 0 saturated heterocycles. The molecule has 8 heteroatoms. The van der Waals surface area contributed by atoms with Crippen molar-refractivity contribution in [2.24, 2.45) is 0 Å². The fourth-order valence-corrected chi connectivity index (χ4v) is 15.8. The number of hydrogen-bond donors (Lipinski definition) is 0. The lowest BCUT2D eigenvalue weighted by Crippen LogP contribution is -1.99. The van der Waals surface area contributed by atoms with Gasteiger partial charge < -0.3 is 9.13 Å². The number of fused-ring (bicyclic) bond motifs is 14. The van der Waals surface area contributed by atoms with E-state index in [-0.39, 0.29) is 0 Å². The van der Waals surface area contributed by atoms with Crippen LogP contribution in [0.1, 0.15) is 0 Å². The number of benzene rings is 12. The highest BCUT2D eigenvalue weighted by atomic mass is 32.2. The molecule has 4 aromatic heterocycles. The van der Waals surface area contributed by atoms with Gasteiger partial charge in [0, 0.05) is 97.4 Å². The molecule has 0 amide bonds. The zero-order valence-corrected chi connectivity index (χ0v) is 51.2. The number of hydrogen-bond acceptors (Lipinski definition) is 6. The van der Waals surface area contributed by atoms with E-state index in [1.54, 1.807) is 0 Å². The number of nitrogens with zero attached hydrogens (tertiary/aromatic N) is 6. The molecule has 6 heterocycles. The minimum absolute atomic E-state index is 0.666. The van der Waals surface area contributed by atoms with Crippen LogP contribution < -0.4 is 0 Å². The van der Waals surface area contributed by atoms with Gasteiger partial charge in [-0.2, -0.15) is 0 Å². The third-order valence-electron chi connectivity index (χ3n) is 17.8. The average Bonchev–Trinajstić information content (AvgIpc) is 1.67. The van der Waals surface area contributed by atoms with Crippen LogP contribution in [0.25, 0.3) is 157 Å². The largest absolute Gasteiger partial charge is 0.309 e. The first kappa shape index (κ1) is 53.6. The predicted molar refractivity (Wildman–Crippen MR) is 379 cm³/mol. The van der Waals surface area contributed by atoms with E-state index >= 15 is 0 Å². The molecule has 92 heavy (non-hydrogen) atoms. The molecule has 18 rings (SSSR count). The highest BCUT2D eigenvalue weighted by molar-refractivity contribution is 8.00. The van der Waals surface area contributed by atoms with Crippen molar-refractivity contribution in [2.75, 3.05) is 0 Å². The summed E-state index contributed by atoms with van der Waals surface area (Å²) in [6.45, 7) is 0. The lowest BCUT2D eigenvalue weighted by molar-refractivity contribution is 1.12. The summed E-state index contributed by atoms with van der Waals surface area (Å²) in [4.78, 5) is 25.8. The molecule has 0 atom stereocenters. The molecule has 0 fully saturated rings. The summed E-state index contributed by atoms with van der Waals surface area (Å²) in [6.07, 6.45) is 0. The molecule has 6 nitrogen and oxygen atoms in total. The van der Waals surface area contributed by atoms with E-state index in [1.807, 2.05) is 47.8 Å². The fraction of sp³-hybridized carbons (Fsp3) is 0. The second-order valence-electron chi connectivity index (χ2n) is 23.2. The molecule has 2 aliphatic heterocycles. The summed E-state index contributed by atoms with van der Waals surface area (Å²) in [7, 11) is 0. The van der Waals surface area contributed by atoms with Crippen molar-refractivity contribution in [1.82, 2.24) is 29.1 Å². The van der Waals surface area contributed by atoms with Crippen LogP contribution in [0, 0.1) is 0 Å². The SMILES string of the molecule is c1ccc(-c2cc(-c3ccc(-n4c5c(c6ccccc64)-c4cccc(-c6ccc(-c7cc(-c8ccccc8)nc(-c8ccc(-n9c%10c(c%11ccccc%119)-c9ccccc9Sc9ccccc9-%10)cc8)n7)cc6)c4Sc4ccccc4-5)cc3)nc(-c3ccccc3)n2)cc1. The van der Waals surface area contributed by atoms with Crippen LogP contribution in [0.2, 0.25) is 0 Å². The van der Waals surface area contributed by atoms with Gasteiger partial charge in [-0.15, -0.1) is 0 Å². The van der Waals surface area contributed by atoms with Crippen molar-refractivity contribution >= 4 is 45.3 Å². The van der Waals surface area contributed by atoms with Crippen LogP contribution in [-0.2, 0) is 0 Å².